The number of likely N-dealkylation sites (N-methyl/N-ethyl adjacent to an activating group) is 1. The maximum atomic E-state index is 11.0. The highest BCUT2D eigenvalue weighted by atomic mass is 16.1. The fourth-order valence-corrected chi connectivity index (χ4v) is 1.14. The van der Waals surface area contributed by atoms with Crippen molar-refractivity contribution in [2.75, 3.05) is 14.1 Å². The number of carbonyl (C=O) groups excluding carboxylic acids is 1. The largest absolute Gasteiger partial charge is 0.367 e. The van der Waals surface area contributed by atoms with Crippen LogP contribution < -0.4 is 5.73 Å². The van der Waals surface area contributed by atoms with Crippen LogP contribution in [0.25, 0.3) is 0 Å². The minimum atomic E-state index is -1.13. The van der Waals surface area contributed by atoms with Crippen molar-refractivity contribution < 1.29 is 4.79 Å². The SMILES string of the molecule is CCCC(C#N)(C(N)=O)N(C)C. The van der Waals surface area contributed by atoms with Crippen LogP contribution in [0.3, 0.4) is 0 Å². The van der Waals surface area contributed by atoms with Gasteiger partial charge in [0.1, 0.15) is 0 Å². The van der Waals surface area contributed by atoms with E-state index >= 15 is 0 Å². The highest BCUT2D eigenvalue weighted by Gasteiger charge is 2.38. The van der Waals surface area contributed by atoms with Crippen molar-refractivity contribution in [1.29, 1.82) is 5.26 Å². The van der Waals surface area contributed by atoms with E-state index in [2.05, 4.69) is 0 Å². The number of nitriles is 1. The predicted octanol–water partition coefficient (Wildman–Crippen LogP) is 0.0958. The van der Waals surface area contributed by atoms with Crippen molar-refractivity contribution in [1.82, 2.24) is 4.90 Å². The van der Waals surface area contributed by atoms with Crippen molar-refractivity contribution in [2.24, 2.45) is 5.73 Å². The Hall–Kier alpha value is -1.08. The van der Waals surface area contributed by atoms with Gasteiger partial charge >= 0.3 is 0 Å². The predicted molar refractivity (Wildman–Crippen MR) is 46.1 cm³/mol. The highest BCUT2D eigenvalue weighted by molar-refractivity contribution is 5.87. The second kappa shape index (κ2) is 4.07. The molecule has 68 valence electrons. The summed E-state index contributed by atoms with van der Waals surface area (Å²) in [5, 5.41) is 8.86. The lowest BCUT2D eigenvalue weighted by Gasteiger charge is -2.29. The summed E-state index contributed by atoms with van der Waals surface area (Å²) < 4.78 is 0. The summed E-state index contributed by atoms with van der Waals surface area (Å²) in [5.74, 6) is -0.572. The van der Waals surface area contributed by atoms with Crippen LogP contribution in [0, 0.1) is 11.3 Å². The number of rotatable bonds is 4. The van der Waals surface area contributed by atoms with Crippen molar-refractivity contribution in [3.63, 3.8) is 0 Å². The molecule has 0 aromatic heterocycles. The summed E-state index contributed by atoms with van der Waals surface area (Å²) in [6.07, 6.45) is 1.24. The molecule has 0 spiro atoms. The number of primary amides is 1. The van der Waals surface area contributed by atoms with Gasteiger partial charge in [-0.3, -0.25) is 9.69 Å². The second-order valence-corrected chi connectivity index (χ2v) is 2.98. The lowest BCUT2D eigenvalue weighted by atomic mass is 9.93. The Kier molecular flexibility index (Phi) is 3.71. The molecular formula is C8H15N3O. The molecule has 0 aromatic carbocycles. The molecule has 1 unspecified atom stereocenters. The molecule has 0 saturated heterocycles. The standard InChI is InChI=1S/C8H15N3O/c1-4-5-8(6-9,7(10)12)11(2)3/h4-5H2,1-3H3,(H2,10,12). The Bertz CT molecular complexity index is 207. The van der Waals surface area contributed by atoms with Gasteiger partial charge in [-0.15, -0.1) is 0 Å². The normalized spacial score (nSPS) is 15.2. The molecule has 0 fully saturated rings. The summed E-state index contributed by atoms with van der Waals surface area (Å²) in [7, 11) is 3.37. The van der Waals surface area contributed by atoms with E-state index in [1.807, 2.05) is 13.0 Å². The van der Waals surface area contributed by atoms with Crippen LogP contribution in [-0.2, 0) is 4.79 Å². The third kappa shape index (κ3) is 1.74. The molecule has 0 saturated carbocycles. The van der Waals surface area contributed by atoms with E-state index in [0.29, 0.717) is 6.42 Å². The number of nitrogens with two attached hydrogens (primary N) is 1. The Balaban J connectivity index is 4.80. The molecule has 4 nitrogen and oxygen atoms in total. The van der Waals surface area contributed by atoms with Crippen molar-refractivity contribution in [3.05, 3.63) is 0 Å². The molecule has 0 aliphatic heterocycles. The van der Waals surface area contributed by atoms with Gasteiger partial charge in [-0.2, -0.15) is 5.26 Å². The highest BCUT2D eigenvalue weighted by Crippen LogP contribution is 2.17. The molecular weight excluding hydrogens is 154 g/mol. The second-order valence-electron chi connectivity index (χ2n) is 2.98. The van der Waals surface area contributed by atoms with Crippen LogP contribution in [-0.4, -0.2) is 30.4 Å². The Morgan fingerprint density at radius 3 is 2.25 bits per heavy atom. The van der Waals surface area contributed by atoms with Crippen molar-refractivity contribution >= 4 is 5.91 Å². The fourth-order valence-electron chi connectivity index (χ4n) is 1.14. The minimum Gasteiger partial charge on any atom is -0.367 e. The van der Waals surface area contributed by atoms with E-state index in [9.17, 15) is 4.79 Å². The monoisotopic (exact) mass is 169 g/mol. The Morgan fingerprint density at radius 2 is 2.17 bits per heavy atom. The number of carbonyl (C=O) groups is 1. The molecule has 0 heterocycles. The third-order valence-corrected chi connectivity index (χ3v) is 1.97. The van der Waals surface area contributed by atoms with Crippen LogP contribution in [0.2, 0.25) is 0 Å². The maximum Gasteiger partial charge on any atom is 0.252 e. The third-order valence-electron chi connectivity index (χ3n) is 1.97. The van der Waals surface area contributed by atoms with E-state index < -0.39 is 11.4 Å². The quantitative estimate of drug-likeness (QED) is 0.648. The van der Waals surface area contributed by atoms with Crippen LogP contribution in [0.1, 0.15) is 19.8 Å². The fraction of sp³-hybridized carbons (Fsp3) is 0.750. The minimum absolute atomic E-state index is 0.478. The van der Waals surface area contributed by atoms with E-state index in [4.69, 9.17) is 11.0 Å². The number of hydrogen-bond acceptors (Lipinski definition) is 3. The molecule has 0 aliphatic carbocycles. The van der Waals surface area contributed by atoms with Gasteiger partial charge in [0.05, 0.1) is 6.07 Å². The van der Waals surface area contributed by atoms with Crippen LogP contribution in [0.5, 0.6) is 0 Å². The van der Waals surface area contributed by atoms with Gasteiger partial charge in [0.25, 0.3) is 5.91 Å². The molecule has 0 radical (unpaired) electrons. The zero-order valence-electron chi connectivity index (χ0n) is 7.79. The molecule has 2 N–H and O–H groups in total. The van der Waals surface area contributed by atoms with Gasteiger partial charge in [0, 0.05) is 0 Å². The summed E-state index contributed by atoms with van der Waals surface area (Å²) in [5.41, 5.74) is 4.04. The van der Waals surface area contributed by atoms with Crippen LogP contribution in [0.15, 0.2) is 0 Å². The average molecular weight is 169 g/mol. The van der Waals surface area contributed by atoms with E-state index in [-0.39, 0.29) is 0 Å². The number of nitrogens with zero attached hydrogens (tertiary/aromatic N) is 2. The molecule has 0 rings (SSSR count). The summed E-state index contributed by atoms with van der Waals surface area (Å²) in [6.45, 7) is 1.92. The van der Waals surface area contributed by atoms with Gasteiger partial charge in [-0.05, 0) is 20.5 Å². The number of amides is 1. The molecule has 4 heteroatoms. The average Bonchev–Trinajstić information content (AvgIpc) is 1.98. The first-order chi connectivity index (χ1) is 5.51. The lowest BCUT2D eigenvalue weighted by molar-refractivity contribution is -0.126. The summed E-state index contributed by atoms with van der Waals surface area (Å²) in [6, 6.07) is 1.97. The van der Waals surface area contributed by atoms with Crippen molar-refractivity contribution in [2.45, 2.75) is 25.3 Å². The molecule has 0 aromatic rings. The zero-order chi connectivity index (χ0) is 9.78. The van der Waals surface area contributed by atoms with E-state index in [0.717, 1.165) is 6.42 Å². The molecule has 1 atom stereocenters. The molecule has 1 amide bonds. The van der Waals surface area contributed by atoms with Gasteiger partial charge in [-0.1, -0.05) is 13.3 Å². The number of hydrogen-bond donors (Lipinski definition) is 1. The lowest BCUT2D eigenvalue weighted by Crippen LogP contribution is -2.53. The topological polar surface area (TPSA) is 70.1 Å². The van der Waals surface area contributed by atoms with Gasteiger partial charge in [-0.25, -0.2) is 0 Å². The van der Waals surface area contributed by atoms with Crippen LogP contribution >= 0.6 is 0 Å². The first-order valence-corrected chi connectivity index (χ1v) is 3.90. The summed E-state index contributed by atoms with van der Waals surface area (Å²) >= 11 is 0. The molecule has 0 aliphatic rings. The first-order valence-electron chi connectivity index (χ1n) is 3.90. The van der Waals surface area contributed by atoms with Gasteiger partial charge < -0.3 is 5.73 Å². The van der Waals surface area contributed by atoms with Gasteiger partial charge in [0.2, 0.25) is 0 Å². The molecule has 0 bridgehead atoms. The Morgan fingerprint density at radius 1 is 1.67 bits per heavy atom. The Labute approximate surface area is 72.9 Å². The first kappa shape index (κ1) is 10.9. The van der Waals surface area contributed by atoms with E-state index in [1.54, 1.807) is 19.0 Å². The summed E-state index contributed by atoms with van der Waals surface area (Å²) in [4.78, 5) is 12.6. The van der Waals surface area contributed by atoms with Gasteiger partial charge in [0.15, 0.2) is 5.54 Å². The van der Waals surface area contributed by atoms with Crippen LogP contribution in [0.4, 0.5) is 0 Å². The van der Waals surface area contributed by atoms with Crippen molar-refractivity contribution in [3.8, 4) is 6.07 Å². The zero-order valence-corrected chi connectivity index (χ0v) is 7.79. The smallest absolute Gasteiger partial charge is 0.252 e. The molecule has 12 heavy (non-hydrogen) atoms. The van der Waals surface area contributed by atoms with E-state index in [1.165, 1.54) is 0 Å². The maximum absolute atomic E-state index is 11.0.